The van der Waals surface area contributed by atoms with Gasteiger partial charge in [0.2, 0.25) is 0 Å². The van der Waals surface area contributed by atoms with Crippen molar-refractivity contribution in [2.75, 3.05) is 91.5 Å². The van der Waals surface area contributed by atoms with Crippen LogP contribution in [0.1, 0.15) is 32.1 Å². The van der Waals surface area contributed by atoms with Gasteiger partial charge in [0.05, 0.1) is 66.1 Å². The Morgan fingerprint density at radius 1 is 0.607 bits per heavy atom. The van der Waals surface area contributed by atoms with Crippen LogP contribution >= 0.6 is 25.3 Å². The second-order valence-corrected chi connectivity index (χ2v) is 8.10. The van der Waals surface area contributed by atoms with Gasteiger partial charge in [0.25, 0.3) is 0 Å². The summed E-state index contributed by atoms with van der Waals surface area (Å²) >= 11 is 8.88. The molecule has 1 unspecified atom stereocenters. The minimum atomic E-state index is 0.492. The van der Waals surface area contributed by atoms with Gasteiger partial charge in [-0.3, -0.25) is 4.90 Å². The summed E-state index contributed by atoms with van der Waals surface area (Å²) in [5.41, 5.74) is 0. The van der Waals surface area contributed by atoms with E-state index in [1.54, 1.807) is 0 Å². The molecule has 168 valence electrons. The third-order valence-corrected chi connectivity index (χ3v) is 5.34. The highest BCUT2D eigenvalue weighted by atomic mass is 32.1. The van der Waals surface area contributed by atoms with Crippen LogP contribution in [0.15, 0.2) is 0 Å². The van der Waals surface area contributed by atoms with Gasteiger partial charge in [-0.15, -0.1) is 0 Å². The van der Waals surface area contributed by atoms with Crippen LogP contribution in [0.2, 0.25) is 0 Å². The maximum absolute atomic E-state index is 5.71. The molecule has 1 fully saturated rings. The molecule has 0 aromatic heterocycles. The topological polar surface area (TPSA) is 49.4 Å². The minimum Gasteiger partial charge on any atom is -0.378 e. The first kappa shape index (κ1) is 26.5. The fourth-order valence-electron chi connectivity index (χ4n) is 2.89. The Balaban J connectivity index is 2.20. The predicted octanol–water partition coefficient (Wildman–Crippen LogP) is 2.56. The van der Waals surface area contributed by atoms with E-state index >= 15 is 0 Å². The first-order chi connectivity index (χ1) is 13.8. The van der Waals surface area contributed by atoms with Crippen molar-refractivity contribution in [2.45, 2.75) is 37.4 Å². The van der Waals surface area contributed by atoms with Gasteiger partial charge in [0, 0.05) is 18.3 Å². The largest absolute Gasteiger partial charge is 0.378 e. The highest BCUT2D eigenvalue weighted by molar-refractivity contribution is 7.81. The van der Waals surface area contributed by atoms with Crippen LogP contribution in [0.25, 0.3) is 0 Å². The van der Waals surface area contributed by atoms with Crippen LogP contribution in [-0.2, 0) is 23.7 Å². The Hall–Kier alpha value is 0.460. The third kappa shape index (κ3) is 17.3. The molecule has 0 amide bonds. The van der Waals surface area contributed by atoms with Crippen LogP contribution in [0.3, 0.4) is 0 Å². The Bertz CT molecular complexity index is 311. The molecule has 0 aromatic carbocycles. The SMILES string of the molecule is SCCC(S)CCCCCN1CCOCCOCCOCCOCCOCC1. The molecule has 0 aromatic rings. The number of hydrogen-bond donors (Lipinski definition) is 2. The predicted molar refractivity (Wildman–Crippen MR) is 120 cm³/mol. The highest BCUT2D eigenvalue weighted by Gasteiger charge is 2.07. The third-order valence-electron chi connectivity index (χ3n) is 4.57. The van der Waals surface area contributed by atoms with Gasteiger partial charge in [-0.1, -0.05) is 12.8 Å². The molecule has 0 bridgehead atoms. The smallest absolute Gasteiger partial charge is 0.0701 e. The molecule has 0 saturated carbocycles. The quantitative estimate of drug-likeness (QED) is 0.448. The van der Waals surface area contributed by atoms with Crippen molar-refractivity contribution >= 4 is 25.3 Å². The molecule has 0 aliphatic carbocycles. The number of nitrogens with zero attached hydrogens (tertiary/aromatic N) is 1. The molecular weight excluding hydrogens is 398 g/mol. The van der Waals surface area contributed by atoms with Crippen molar-refractivity contribution in [3.8, 4) is 0 Å². The van der Waals surface area contributed by atoms with E-state index in [2.05, 4.69) is 30.2 Å². The van der Waals surface area contributed by atoms with E-state index in [0.717, 1.165) is 45.0 Å². The van der Waals surface area contributed by atoms with E-state index in [1.165, 1.54) is 25.7 Å². The van der Waals surface area contributed by atoms with E-state index in [0.29, 0.717) is 58.1 Å². The summed E-state index contributed by atoms with van der Waals surface area (Å²) in [6.45, 7) is 9.25. The molecule has 28 heavy (non-hydrogen) atoms. The summed E-state index contributed by atoms with van der Waals surface area (Å²) in [5, 5.41) is 0.492. The van der Waals surface area contributed by atoms with Gasteiger partial charge >= 0.3 is 0 Å². The van der Waals surface area contributed by atoms with Crippen LogP contribution < -0.4 is 0 Å². The molecule has 1 rings (SSSR count). The monoisotopic (exact) mass is 439 g/mol. The number of hydrogen-bond acceptors (Lipinski definition) is 8. The van der Waals surface area contributed by atoms with Crippen LogP contribution in [0.4, 0.5) is 0 Å². The second kappa shape index (κ2) is 20.7. The Labute approximate surface area is 182 Å². The van der Waals surface area contributed by atoms with E-state index in [1.807, 2.05) is 0 Å². The van der Waals surface area contributed by atoms with E-state index in [9.17, 15) is 0 Å². The lowest BCUT2D eigenvalue weighted by atomic mass is 10.1. The number of rotatable bonds is 8. The van der Waals surface area contributed by atoms with Gasteiger partial charge in [-0.25, -0.2) is 0 Å². The first-order valence-corrected chi connectivity index (χ1v) is 11.9. The fraction of sp³-hybridized carbons (Fsp3) is 1.00. The summed E-state index contributed by atoms with van der Waals surface area (Å²) in [4.78, 5) is 2.44. The van der Waals surface area contributed by atoms with Crippen molar-refractivity contribution in [3.63, 3.8) is 0 Å². The lowest BCUT2D eigenvalue weighted by Gasteiger charge is -2.22. The van der Waals surface area contributed by atoms with Gasteiger partial charge in [-0.05, 0) is 31.6 Å². The average Bonchev–Trinajstić information content (AvgIpc) is 2.69. The summed E-state index contributed by atoms with van der Waals surface area (Å²) in [7, 11) is 0. The standard InChI is InChI=1S/C20H41NO5S2/c27-19-5-20(28)4-2-1-3-6-21-7-9-22-11-13-24-15-17-26-18-16-25-14-12-23-10-8-21/h20,27-28H,1-19H2. The number of thiol groups is 2. The zero-order chi connectivity index (χ0) is 20.1. The Kier molecular flexibility index (Phi) is 19.6. The van der Waals surface area contributed by atoms with E-state index in [4.69, 9.17) is 23.7 Å². The Morgan fingerprint density at radius 3 is 1.54 bits per heavy atom. The maximum Gasteiger partial charge on any atom is 0.0701 e. The van der Waals surface area contributed by atoms with Crippen molar-refractivity contribution in [3.05, 3.63) is 0 Å². The second-order valence-electron chi connectivity index (χ2n) is 6.92. The summed E-state index contributed by atoms with van der Waals surface area (Å²) in [6.07, 6.45) is 5.95. The molecule has 0 spiro atoms. The highest BCUT2D eigenvalue weighted by Crippen LogP contribution is 2.13. The zero-order valence-electron chi connectivity index (χ0n) is 17.4. The van der Waals surface area contributed by atoms with E-state index < -0.39 is 0 Å². The molecule has 1 aliphatic rings. The number of ether oxygens (including phenoxy) is 5. The molecule has 0 radical (unpaired) electrons. The normalized spacial score (nSPS) is 21.6. The molecule has 6 nitrogen and oxygen atoms in total. The molecule has 8 heteroatoms. The summed E-state index contributed by atoms with van der Waals surface area (Å²) in [6, 6.07) is 0. The fourth-order valence-corrected chi connectivity index (χ4v) is 3.72. The molecular formula is C20H41NO5S2. The number of unbranched alkanes of at least 4 members (excludes halogenated alkanes) is 2. The van der Waals surface area contributed by atoms with Gasteiger partial charge in [0.1, 0.15) is 0 Å². The summed E-state index contributed by atoms with van der Waals surface area (Å²) < 4.78 is 27.8. The van der Waals surface area contributed by atoms with Crippen LogP contribution in [-0.4, -0.2) is 102 Å². The van der Waals surface area contributed by atoms with Gasteiger partial charge < -0.3 is 23.7 Å². The molecule has 1 aliphatic heterocycles. The Morgan fingerprint density at radius 2 is 1.07 bits per heavy atom. The van der Waals surface area contributed by atoms with E-state index in [-0.39, 0.29) is 0 Å². The summed E-state index contributed by atoms with van der Waals surface area (Å²) in [5.74, 6) is 0.922. The minimum absolute atomic E-state index is 0.492. The van der Waals surface area contributed by atoms with Crippen molar-refractivity contribution in [2.24, 2.45) is 0 Å². The first-order valence-electron chi connectivity index (χ1n) is 10.7. The molecule has 1 atom stereocenters. The van der Waals surface area contributed by atoms with Gasteiger partial charge in [-0.2, -0.15) is 25.3 Å². The van der Waals surface area contributed by atoms with Crippen LogP contribution in [0, 0.1) is 0 Å². The lowest BCUT2D eigenvalue weighted by Crippen LogP contribution is -2.32. The van der Waals surface area contributed by atoms with Crippen LogP contribution in [0.5, 0.6) is 0 Å². The zero-order valence-corrected chi connectivity index (χ0v) is 19.2. The van der Waals surface area contributed by atoms with Crippen molar-refractivity contribution in [1.82, 2.24) is 4.90 Å². The van der Waals surface area contributed by atoms with Gasteiger partial charge in [0.15, 0.2) is 0 Å². The average molecular weight is 440 g/mol. The molecule has 0 N–H and O–H groups in total. The van der Waals surface area contributed by atoms with Crippen molar-refractivity contribution < 1.29 is 23.7 Å². The van der Waals surface area contributed by atoms with Crippen molar-refractivity contribution in [1.29, 1.82) is 0 Å². The lowest BCUT2D eigenvalue weighted by molar-refractivity contribution is -0.0186. The molecule has 1 saturated heterocycles. The maximum atomic E-state index is 5.71. The molecule has 1 heterocycles.